The second-order valence-corrected chi connectivity index (χ2v) is 6.43. The van der Waals surface area contributed by atoms with Crippen LogP contribution in [0.4, 0.5) is 4.79 Å². The van der Waals surface area contributed by atoms with Gasteiger partial charge in [-0.2, -0.15) is 5.48 Å². The fourth-order valence-corrected chi connectivity index (χ4v) is 3.04. The molecule has 1 aliphatic rings. The Labute approximate surface area is 153 Å². The van der Waals surface area contributed by atoms with Crippen molar-refractivity contribution < 1.29 is 14.4 Å². The van der Waals surface area contributed by atoms with Gasteiger partial charge in [-0.3, -0.25) is 4.99 Å². The van der Waals surface area contributed by atoms with Gasteiger partial charge in [-0.15, -0.1) is 0 Å². The summed E-state index contributed by atoms with van der Waals surface area (Å²) >= 11 is 0. The number of aryl methyl sites for hydroxylation is 1. The van der Waals surface area contributed by atoms with E-state index in [1.807, 2.05) is 42.1 Å². The number of carbonyl (C=O) groups excluding carboxylic acids is 1. The van der Waals surface area contributed by atoms with Gasteiger partial charge >= 0.3 is 6.16 Å². The second-order valence-electron chi connectivity index (χ2n) is 6.43. The summed E-state index contributed by atoms with van der Waals surface area (Å²) in [6.07, 6.45) is 8.65. The molecule has 0 spiro atoms. The highest BCUT2D eigenvalue weighted by atomic mass is 16.8. The van der Waals surface area contributed by atoms with E-state index in [-0.39, 0.29) is 6.04 Å². The predicted molar refractivity (Wildman–Crippen MR) is 98.7 cm³/mol. The third-order valence-electron chi connectivity index (χ3n) is 4.44. The maximum atomic E-state index is 11.3. The average Bonchev–Trinajstić information content (AvgIpc) is 3.12. The number of aliphatic imine (C=N–C) groups is 1. The minimum Gasteiger partial charge on any atom is -0.436 e. The molecular formula is C19H24N4O3. The van der Waals surface area contributed by atoms with Crippen molar-refractivity contribution in [2.24, 2.45) is 12.0 Å². The third-order valence-corrected chi connectivity index (χ3v) is 4.44. The quantitative estimate of drug-likeness (QED) is 0.394. The van der Waals surface area contributed by atoms with Gasteiger partial charge < -0.3 is 14.1 Å². The maximum Gasteiger partial charge on any atom is 0.532 e. The molecule has 3 rings (SSSR count). The SMILES string of the molecule is COC(=O)ONC(=NC1CCCCC1)c1ccc(-c2cn(C)cn2)cc1. The van der Waals surface area contributed by atoms with Crippen LogP contribution in [-0.4, -0.2) is 34.7 Å². The van der Waals surface area contributed by atoms with Crippen molar-refractivity contribution >= 4 is 12.0 Å². The summed E-state index contributed by atoms with van der Waals surface area (Å²) in [6.45, 7) is 0. The summed E-state index contributed by atoms with van der Waals surface area (Å²) in [5.74, 6) is 0.537. The van der Waals surface area contributed by atoms with Gasteiger partial charge in [-0.05, 0) is 12.8 Å². The zero-order valence-electron chi connectivity index (χ0n) is 15.1. The first-order chi connectivity index (χ1) is 12.7. The first-order valence-electron chi connectivity index (χ1n) is 8.83. The summed E-state index contributed by atoms with van der Waals surface area (Å²) in [5, 5.41) is 0. The first-order valence-corrected chi connectivity index (χ1v) is 8.83. The molecule has 7 heteroatoms. The highest BCUT2D eigenvalue weighted by Gasteiger charge is 2.15. The Morgan fingerprint density at radius 1 is 1.23 bits per heavy atom. The van der Waals surface area contributed by atoms with Gasteiger partial charge in [-0.1, -0.05) is 43.5 Å². The Morgan fingerprint density at radius 2 is 1.96 bits per heavy atom. The molecule has 0 saturated heterocycles. The van der Waals surface area contributed by atoms with Crippen LogP contribution in [0.25, 0.3) is 11.3 Å². The molecule has 1 aliphatic carbocycles. The molecule has 0 radical (unpaired) electrons. The molecular weight excluding hydrogens is 332 g/mol. The summed E-state index contributed by atoms with van der Waals surface area (Å²) in [5.41, 5.74) is 5.42. The number of rotatable bonds is 3. The van der Waals surface area contributed by atoms with Crippen LogP contribution in [0.15, 0.2) is 41.8 Å². The zero-order chi connectivity index (χ0) is 18.4. The van der Waals surface area contributed by atoms with Crippen LogP contribution in [0, 0.1) is 0 Å². The molecule has 0 unspecified atom stereocenters. The number of benzene rings is 1. The summed E-state index contributed by atoms with van der Waals surface area (Å²) in [6, 6.07) is 8.09. The molecule has 26 heavy (non-hydrogen) atoms. The lowest BCUT2D eigenvalue weighted by Crippen LogP contribution is -2.30. The van der Waals surface area contributed by atoms with Crippen molar-refractivity contribution in [2.45, 2.75) is 38.1 Å². The summed E-state index contributed by atoms with van der Waals surface area (Å²) in [7, 11) is 3.21. The van der Waals surface area contributed by atoms with Gasteiger partial charge in [-0.25, -0.2) is 9.78 Å². The number of ether oxygens (including phenoxy) is 1. The van der Waals surface area contributed by atoms with Crippen LogP contribution in [0.5, 0.6) is 0 Å². The summed E-state index contributed by atoms with van der Waals surface area (Å²) < 4.78 is 6.42. The van der Waals surface area contributed by atoms with E-state index < -0.39 is 6.16 Å². The zero-order valence-corrected chi connectivity index (χ0v) is 15.1. The Hall–Kier alpha value is -2.83. The molecule has 2 aromatic rings. The van der Waals surface area contributed by atoms with Gasteiger partial charge in [0.2, 0.25) is 0 Å². The number of methoxy groups -OCH3 is 1. The van der Waals surface area contributed by atoms with E-state index in [1.165, 1.54) is 26.4 Å². The van der Waals surface area contributed by atoms with Crippen molar-refractivity contribution in [2.75, 3.05) is 7.11 Å². The molecule has 138 valence electrons. The number of imidazole rings is 1. The lowest BCUT2D eigenvalue weighted by atomic mass is 9.96. The standard InChI is InChI=1S/C19H24N4O3/c1-23-12-17(20-13-23)14-8-10-15(11-9-14)18(22-26-19(24)25-2)21-16-6-4-3-5-7-16/h8-13,16H,3-7H2,1-2H3,(H,21,22). The fraction of sp³-hybridized carbons (Fsp3) is 0.421. The van der Waals surface area contributed by atoms with Crippen LogP contribution >= 0.6 is 0 Å². The number of nitrogens with one attached hydrogen (secondary N) is 1. The highest BCUT2D eigenvalue weighted by molar-refractivity contribution is 5.99. The molecule has 1 aromatic heterocycles. The van der Waals surface area contributed by atoms with E-state index in [1.54, 1.807) is 6.33 Å². The number of hydrogen-bond acceptors (Lipinski definition) is 5. The van der Waals surface area contributed by atoms with Crippen LogP contribution in [0.2, 0.25) is 0 Å². The minimum atomic E-state index is -0.800. The Morgan fingerprint density at radius 3 is 2.58 bits per heavy atom. The number of carbonyl (C=O) groups is 1. The van der Waals surface area contributed by atoms with Crippen LogP contribution in [0.1, 0.15) is 37.7 Å². The summed E-state index contributed by atoms with van der Waals surface area (Å²) in [4.78, 5) is 25.3. The van der Waals surface area contributed by atoms with Crippen molar-refractivity contribution in [1.82, 2.24) is 15.0 Å². The van der Waals surface area contributed by atoms with E-state index in [2.05, 4.69) is 15.2 Å². The average molecular weight is 356 g/mol. The topological polar surface area (TPSA) is 77.7 Å². The largest absolute Gasteiger partial charge is 0.532 e. The first kappa shape index (κ1) is 18.0. The van der Waals surface area contributed by atoms with Gasteiger partial charge in [0, 0.05) is 24.4 Å². The van der Waals surface area contributed by atoms with Crippen molar-refractivity contribution in [3.63, 3.8) is 0 Å². The molecule has 1 aromatic carbocycles. The van der Waals surface area contributed by atoms with Crippen molar-refractivity contribution in [3.8, 4) is 11.3 Å². The molecule has 1 heterocycles. The third kappa shape index (κ3) is 4.62. The maximum absolute atomic E-state index is 11.3. The fourth-order valence-electron chi connectivity index (χ4n) is 3.04. The van der Waals surface area contributed by atoms with Crippen LogP contribution in [-0.2, 0) is 16.6 Å². The predicted octanol–water partition coefficient (Wildman–Crippen LogP) is 3.45. The molecule has 1 fully saturated rings. The van der Waals surface area contributed by atoms with Crippen LogP contribution in [0.3, 0.4) is 0 Å². The van der Waals surface area contributed by atoms with E-state index in [4.69, 9.17) is 9.83 Å². The lowest BCUT2D eigenvalue weighted by molar-refractivity contribution is 0.0514. The smallest absolute Gasteiger partial charge is 0.436 e. The van der Waals surface area contributed by atoms with E-state index >= 15 is 0 Å². The van der Waals surface area contributed by atoms with E-state index in [9.17, 15) is 4.79 Å². The normalized spacial score (nSPS) is 15.5. The Bertz CT molecular complexity index is 761. The molecule has 1 saturated carbocycles. The van der Waals surface area contributed by atoms with Gasteiger partial charge in [0.25, 0.3) is 0 Å². The molecule has 7 nitrogen and oxygen atoms in total. The molecule has 0 amide bonds. The highest BCUT2D eigenvalue weighted by Crippen LogP contribution is 2.22. The number of hydrogen-bond donors (Lipinski definition) is 1. The van der Waals surface area contributed by atoms with E-state index in [0.29, 0.717) is 5.84 Å². The monoisotopic (exact) mass is 356 g/mol. The van der Waals surface area contributed by atoms with Crippen LogP contribution < -0.4 is 5.48 Å². The second kappa shape index (κ2) is 8.51. The van der Waals surface area contributed by atoms with Gasteiger partial charge in [0.1, 0.15) is 0 Å². The minimum absolute atomic E-state index is 0.239. The molecule has 1 N–H and O–H groups in total. The van der Waals surface area contributed by atoms with Gasteiger partial charge in [0.05, 0.1) is 25.2 Å². The number of nitrogens with zero attached hydrogens (tertiary/aromatic N) is 3. The van der Waals surface area contributed by atoms with Gasteiger partial charge in [0.15, 0.2) is 5.84 Å². The van der Waals surface area contributed by atoms with Crippen molar-refractivity contribution in [1.29, 1.82) is 0 Å². The molecule has 0 aliphatic heterocycles. The number of hydroxylamine groups is 1. The Kier molecular flexibility index (Phi) is 5.88. The lowest BCUT2D eigenvalue weighted by Gasteiger charge is -2.19. The number of amidine groups is 1. The molecule has 0 atom stereocenters. The van der Waals surface area contributed by atoms with Crippen molar-refractivity contribution in [3.05, 3.63) is 42.4 Å². The van der Waals surface area contributed by atoms with E-state index in [0.717, 1.165) is 29.7 Å². The number of aromatic nitrogens is 2. The molecule has 0 bridgehead atoms. The Balaban J connectivity index is 1.80.